The van der Waals surface area contributed by atoms with Crippen LogP contribution in [-0.4, -0.2) is 177 Å². The number of hydrogen-bond donors (Lipinski definition) is 11. The molecule has 3 rings (SSSR count). The van der Waals surface area contributed by atoms with E-state index in [4.69, 9.17) is 28.2 Å². The molecule has 3 aliphatic heterocycles. The van der Waals surface area contributed by atoms with Crippen LogP contribution in [0.25, 0.3) is 0 Å². The van der Waals surface area contributed by atoms with Gasteiger partial charge in [0.25, 0.3) is 0 Å². The molecule has 0 aromatic carbocycles. The number of aliphatic hydroxyl groups excluding tert-OH is 8. The third kappa shape index (κ3) is 8.75. The van der Waals surface area contributed by atoms with Crippen LogP contribution in [0.4, 0.5) is 0 Å². The van der Waals surface area contributed by atoms with Gasteiger partial charge < -0.3 is 75.2 Å². The highest BCUT2D eigenvalue weighted by Crippen LogP contribution is 2.32. The van der Waals surface area contributed by atoms with Crippen LogP contribution in [0.15, 0.2) is 0 Å². The zero-order chi connectivity index (χ0) is 33.1. The molecule has 44 heavy (non-hydrogen) atoms. The van der Waals surface area contributed by atoms with Gasteiger partial charge in [0, 0.05) is 13.8 Å². The van der Waals surface area contributed by atoms with E-state index in [9.17, 15) is 58.9 Å². The minimum absolute atomic E-state index is 0.669. The third-order valence-electron chi connectivity index (χ3n) is 7.10. The summed E-state index contributed by atoms with van der Waals surface area (Å²) in [4.78, 5) is 23.4. The number of carbonyl (C=O) groups is 2. The fourth-order valence-corrected chi connectivity index (χ4v) is 5.31. The van der Waals surface area contributed by atoms with E-state index in [-0.39, 0.29) is 0 Å². The van der Waals surface area contributed by atoms with Gasteiger partial charge in [-0.25, -0.2) is 4.18 Å². The van der Waals surface area contributed by atoms with Crippen molar-refractivity contribution >= 4 is 22.2 Å². The van der Waals surface area contributed by atoms with Gasteiger partial charge in [-0.15, -0.1) is 0 Å². The van der Waals surface area contributed by atoms with Gasteiger partial charge >= 0.3 is 10.4 Å². The Morgan fingerprint density at radius 3 is 1.77 bits per heavy atom. The minimum atomic E-state index is -5.03. The molecular weight excluding hydrogens is 628 g/mol. The van der Waals surface area contributed by atoms with E-state index >= 15 is 0 Å². The number of rotatable bonds is 11. The first-order valence-electron chi connectivity index (χ1n) is 13.2. The zero-order valence-corrected chi connectivity index (χ0v) is 24.1. The summed E-state index contributed by atoms with van der Waals surface area (Å²) < 4.78 is 62.6. The van der Waals surface area contributed by atoms with E-state index in [0.29, 0.717) is 0 Å². The van der Waals surface area contributed by atoms with Crippen molar-refractivity contribution in [2.24, 2.45) is 0 Å². The molecule has 0 unspecified atom stereocenters. The summed E-state index contributed by atoms with van der Waals surface area (Å²) in [6.45, 7) is -0.652. The van der Waals surface area contributed by atoms with E-state index in [2.05, 4.69) is 14.8 Å². The van der Waals surface area contributed by atoms with Crippen LogP contribution < -0.4 is 10.6 Å². The molecule has 0 aromatic heterocycles. The largest absolute Gasteiger partial charge is 0.397 e. The van der Waals surface area contributed by atoms with Gasteiger partial charge in [0.2, 0.25) is 11.8 Å². The smallest absolute Gasteiger partial charge is 0.394 e. The second kappa shape index (κ2) is 15.3. The molecule has 11 N–H and O–H groups in total. The number of aliphatic hydroxyl groups is 8. The molecule has 22 heteroatoms. The molecule has 3 aliphatic rings. The van der Waals surface area contributed by atoms with Crippen molar-refractivity contribution in [3.8, 4) is 0 Å². The maximum absolute atomic E-state index is 11.8. The van der Waals surface area contributed by atoms with Crippen molar-refractivity contribution in [1.29, 1.82) is 0 Å². The fourth-order valence-electron chi connectivity index (χ4n) is 5.00. The highest BCUT2D eigenvalue weighted by molar-refractivity contribution is 7.80. The van der Waals surface area contributed by atoms with Crippen LogP contribution in [0.1, 0.15) is 13.8 Å². The molecule has 0 bridgehead atoms. The molecule has 0 aliphatic carbocycles. The second-order valence-electron chi connectivity index (χ2n) is 10.3. The number of carbonyl (C=O) groups excluding carboxylic acids is 2. The van der Waals surface area contributed by atoms with Crippen LogP contribution in [0.5, 0.6) is 0 Å². The second-order valence-corrected chi connectivity index (χ2v) is 11.4. The van der Waals surface area contributed by atoms with Crippen molar-refractivity contribution in [2.45, 2.75) is 106 Å². The summed E-state index contributed by atoms with van der Waals surface area (Å²) >= 11 is 0. The molecule has 3 saturated heterocycles. The predicted octanol–water partition coefficient (Wildman–Crippen LogP) is -7.46. The Bertz CT molecular complexity index is 1080. The van der Waals surface area contributed by atoms with Crippen LogP contribution in [0.2, 0.25) is 0 Å². The highest BCUT2D eigenvalue weighted by atomic mass is 32.3. The number of nitrogens with one attached hydrogen (secondary N) is 2. The lowest BCUT2D eigenvalue weighted by Crippen LogP contribution is -2.69. The lowest BCUT2D eigenvalue weighted by Gasteiger charge is -2.49. The average Bonchev–Trinajstić information content (AvgIpc) is 2.93. The van der Waals surface area contributed by atoms with Crippen LogP contribution in [0.3, 0.4) is 0 Å². The van der Waals surface area contributed by atoms with Crippen molar-refractivity contribution in [3.05, 3.63) is 0 Å². The Morgan fingerprint density at radius 2 is 1.23 bits per heavy atom. The third-order valence-corrected chi connectivity index (χ3v) is 7.53. The van der Waals surface area contributed by atoms with E-state index in [1.165, 1.54) is 0 Å². The van der Waals surface area contributed by atoms with Crippen LogP contribution in [0, 0.1) is 0 Å². The van der Waals surface area contributed by atoms with E-state index in [1.54, 1.807) is 0 Å². The molecule has 2 amide bonds. The van der Waals surface area contributed by atoms with E-state index in [0.717, 1.165) is 13.8 Å². The van der Waals surface area contributed by atoms with Crippen molar-refractivity contribution in [3.63, 3.8) is 0 Å². The SMILES string of the molecule is CC(=O)N[C@@H]1[C@@H](O)[C@H](O[C@@H]2O[C@H](CO)[C@H](O)[C@H](O[C@@H]3O[C@H](COS(=O)(=O)O)[C@@H](O)[C@H](O)[C@H]3NC(C)=O)[C@H]2O)[C@@H](CO)O[C@H]1O. The van der Waals surface area contributed by atoms with Crippen molar-refractivity contribution in [1.82, 2.24) is 10.6 Å². The molecule has 15 atom stereocenters. The average molecular weight is 667 g/mol. The quantitative estimate of drug-likeness (QED) is 0.0912. The van der Waals surface area contributed by atoms with Gasteiger partial charge in [-0.05, 0) is 0 Å². The van der Waals surface area contributed by atoms with E-state index < -0.39 is 134 Å². The Kier molecular flexibility index (Phi) is 12.7. The summed E-state index contributed by atoms with van der Waals surface area (Å²) in [6, 6.07) is -3.07. The molecule has 3 heterocycles. The van der Waals surface area contributed by atoms with Gasteiger partial charge in [-0.3, -0.25) is 14.1 Å². The van der Waals surface area contributed by atoms with Crippen molar-refractivity contribution in [2.75, 3.05) is 19.8 Å². The Labute approximate surface area is 250 Å². The molecule has 3 fully saturated rings. The summed E-state index contributed by atoms with van der Waals surface area (Å²) in [6.07, 6.45) is -23.2. The van der Waals surface area contributed by atoms with Gasteiger partial charge in [0.1, 0.15) is 73.1 Å². The van der Waals surface area contributed by atoms with Gasteiger partial charge in [0.15, 0.2) is 18.9 Å². The minimum Gasteiger partial charge on any atom is -0.394 e. The first kappa shape index (κ1) is 36.8. The number of ether oxygens (including phenoxy) is 5. The molecule has 0 saturated carbocycles. The lowest BCUT2D eigenvalue weighted by molar-refractivity contribution is -0.367. The topological polar surface area (TPSA) is 330 Å². The van der Waals surface area contributed by atoms with Gasteiger partial charge in [-0.1, -0.05) is 0 Å². The predicted molar refractivity (Wildman–Crippen MR) is 135 cm³/mol. The monoisotopic (exact) mass is 666 g/mol. The lowest BCUT2D eigenvalue weighted by atomic mass is 9.94. The van der Waals surface area contributed by atoms with Gasteiger partial charge in [-0.2, -0.15) is 8.42 Å². The standard InChI is InChI=1S/C22H38N2O19S/c1-6(27)23-11-16(32)18(9(4-26)39-20(11)34)42-22-17(33)19(14(30)8(3-25)40-22)43-21-12(24-7(2)28)15(31)13(29)10(41-21)5-38-44(35,36)37/h8-22,25-26,29-34H,3-5H2,1-2H3,(H,23,27)(H,24,28)(H,35,36,37)/t8-,9-,10-,11-,12-,13-,14+,15-,16-,17-,18-,19+,20-,21+,22+/m1/s1. The summed E-state index contributed by atoms with van der Waals surface area (Å²) in [5, 5.41) is 88.1. The molecule has 256 valence electrons. The molecule has 0 aromatic rings. The maximum Gasteiger partial charge on any atom is 0.397 e. The summed E-state index contributed by atoms with van der Waals surface area (Å²) in [5.41, 5.74) is 0. The molecular formula is C22H38N2O19S. The normalized spacial score (nSPS) is 43.3. The first-order valence-corrected chi connectivity index (χ1v) is 14.6. The summed E-state index contributed by atoms with van der Waals surface area (Å²) in [7, 11) is -5.03. The Morgan fingerprint density at radius 1 is 0.682 bits per heavy atom. The Hall–Kier alpha value is -1.71. The Balaban J connectivity index is 1.87. The van der Waals surface area contributed by atoms with Crippen LogP contribution in [-0.2, 0) is 47.9 Å². The first-order chi connectivity index (χ1) is 20.5. The molecule has 0 radical (unpaired) electrons. The van der Waals surface area contributed by atoms with Crippen LogP contribution >= 0.6 is 0 Å². The van der Waals surface area contributed by atoms with E-state index in [1.807, 2.05) is 0 Å². The van der Waals surface area contributed by atoms with Gasteiger partial charge in [0.05, 0.1) is 19.8 Å². The maximum atomic E-state index is 11.8. The summed E-state index contributed by atoms with van der Waals surface area (Å²) in [5.74, 6) is -1.43. The molecule has 21 nitrogen and oxygen atoms in total. The number of amides is 2. The number of hydrogen-bond acceptors (Lipinski definition) is 18. The zero-order valence-electron chi connectivity index (χ0n) is 23.3. The fraction of sp³-hybridized carbons (Fsp3) is 0.909. The van der Waals surface area contributed by atoms with Crippen molar-refractivity contribution < 1.29 is 91.3 Å². The highest BCUT2D eigenvalue weighted by Gasteiger charge is 2.54. The molecule has 0 spiro atoms.